The van der Waals surface area contributed by atoms with Gasteiger partial charge in [0.15, 0.2) is 0 Å². The zero-order valence-electron chi connectivity index (χ0n) is 11.9. The van der Waals surface area contributed by atoms with Crippen molar-refractivity contribution in [3.8, 4) is 0 Å². The molecule has 1 amide bonds. The average Bonchev–Trinajstić information content (AvgIpc) is 3.27. The zero-order valence-corrected chi connectivity index (χ0v) is 11.9. The second-order valence-electron chi connectivity index (χ2n) is 6.01. The van der Waals surface area contributed by atoms with E-state index >= 15 is 0 Å². The first-order valence-corrected chi connectivity index (χ1v) is 7.85. The highest BCUT2D eigenvalue weighted by molar-refractivity contribution is 5.93. The number of nitrogens with one attached hydrogen (secondary N) is 2. The minimum atomic E-state index is -0.0444. The number of aromatic nitrogens is 1. The molecule has 1 heterocycles. The molecule has 4 nitrogen and oxygen atoms in total. The molecule has 0 bridgehead atoms. The number of pyridine rings is 1. The lowest BCUT2D eigenvalue weighted by Gasteiger charge is -2.17. The maximum atomic E-state index is 12.0. The summed E-state index contributed by atoms with van der Waals surface area (Å²) in [7, 11) is 0. The molecule has 20 heavy (non-hydrogen) atoms. The first kappa shape index (κ1) is 13.4. The fraction of sp³-hybridized carbons (Fsp3) is 0.625. The molecule has 0 aliphatic heterocycles. The van der Waals surface area contributed by atoms with E-state index in [1.54, 1.807) is 6.20 Å². The molecule has 0 aromatic carbocycles. The van der Waals surface area contributed by atoms with Crippen LogP contribution < -0.4 is 10.6 Å². The second-order valence-corrected chi connectivity index (χ2v) is 6.01. The Hall–Kier alpha value is -1.58. The van der Waals surface area contributed by atoms with Gasteiger partial charge in [-0.2, -0.15) is 0 Å². The Morgan fingerprint density at radius 3 is 2.50 bits per heavy atom. The van der Waals surface area contributed by atoms with Crippen LogP contribution >= 0.6 is 0 Å². The van der Waals surface area contributed by atoms with Crippen LogP contribution in [0.5, 0.6) is 0 Å². The number of amides is 1. The zero-order chi connectivity index (χ0) is 13.8. The van der Waals surface area contributed by atoms with Crippen molar-refractivity contribution in [2.45, 2.75) is 63.5 Å². The van der Waals surface area contributed by atoms with Gasteiger partial charge in [-0.1, -0.05) is 25.7 Å². The maximum Gasteiger partial charge on any atom is 0.270 e. The Bertz CT molecular complexity index is 463. The van der Waals surface area contributed by atoms with Crippen LogP contribution in [0.15, 0.2) is 18.3 Å². The lowest BCUT2D eigenvalue weighted by atomic mass is 10.1. The van der Waals surface area contributed by atoms with Gasteiger partial charge in [0.25, 0.3) is 5.91 Å². The molecule has 0 unspecified atom stereocenters. The summed E-state index contributed by atoms with van der Waals surface area (Å²) in [5, 5.41) is 6.55. The third-order valence-electron chi connectivity index (χ3n) is 4.13. The van der Waals surface area contributed by atoms with E-state index in [1.807, 2.05) is 12.1 Å². The van der Waals surface area contributed by atoms with Crippen molar-refractivity contribution < 1.29 is 4.79 Å². The molecule has 0 radical (unpaired) electrons. The number of anilines is 1. The number of carbonyl (C=O) groups is 1. The molecule has 2 saturated carbocycles. The van der Waals surface area contributed by atoms with Gasteiger partial charge in [-0.05, 0) is 37.8 Å². The Morgan fingerprint density at radius 1 is 1.05 bits per heavy atom. The molecule has 0 saturated heterocycles. The van der Waals surface area contributed by atoms with Crippen molar-refractivity contribution >= 4 is 11.6 Å². The summed E-state index contributed by atoms with van der Waals surface area (Å²) >= 11 is 0. The van der Waals surface area contributed by atoms with Crippen LogP contribution in [0.2, 0.25) is 0 Å². The van der Waals surface area contributed by atoms with Crippen molar-refractivity contribution in [2.24, 2.45) is 0 Å². The Labute approximate surface area is 120 Å². The van der Waals surface area contributed by atoms with Crippen LogP contribution in [0, 0.1) is 0 Å². The lowest BCUT2D eigenvalue weighted by molar-refractivity contribution is 0.0946. The summed E-state index contributed by atoms with van der Waals surface area (Å²) in [6.45, 7) is 0. The molecular weight excluding hydrogens is 250 g/mol. The summed E-state index contributed by atoms with van der Waals surface area (Å²) in [6, 6.07) is 4.75. The monoisotopic (exact) mass is 273 g/mol. The van der Waals surface area contributed by atoms with Crippen LogP contribution in [0.4, 0.5) is 5.69 Å². The lowest BCUT2D eigenvalue weighted by Crippen LogP contribution is -2.26. The predicted molar refractivity (Wildman–Crippen MR) is 79.8 cm³/mol. The Morgan fingerprint density at radius 2 is 1.80 bits per heavy atom. The summed E-state index contributed by atoms with van der Waals surface area (Å²) in [5.41, 5.74) is 1.54. The molecule has 4 heteroatoms. The van der Waals surface area contributed by atoms with Gasteiger partial charge < -0.3 is 10.6 Å². The van der Waals surface area contributed by atoms with Crippen molar-refractivity contribution in [3.05, 3.63) is 24.0 Å². The minimum absolute atomic E-state index is 0.0444. The van der Waals surface area contributed by atoms with Crippen LogP contribution in [0.3, 0.4) is 0 Å². The third kappa shape index (κ3) is 3.71. The largest absolute Gasteiger partial charge is 0.382 e. The van der Waals surface area contributed by atoms with Gasteiger partial charge in [-0.3, -0.25) is 9.78 Å². The molecular formula is C16H23N3O. The molecule has 0 spiro atoms. The summed E-state index contributed by atoms with van der Waals surface area (Å²) in [5.74, 6) is -0.0444. The molecule has 0 atom stereocenters. The summed E-state index contributed by atoms with van der Waals surface area (Å²) in [6.07, 6.45) is 11.7. The van der Waals surface area contributed by atoms with Gasteiger partial charge >= 0.3 is 0 Å². The fourth-order valence-corrected chi connectivity index (χ4v) is 2.79. The van der Waals surface area contributed by atoms with Gasteiger partial charge in [0, 0.05) is 24.0 Å². The predicted octanol–water partition coefficient (Wildman–Crippen LogP) is 3.11. The van der Waals surface area contributed by atoms with Crippen molar-refractivity contribution in [1.82, 2.24) is 10.3 Å². The van der Waals surface area contributed by atoms with E-state index in [-0.39, 0.29) is 5.91 Å². The van der Waals surface area contributed by atoms with E-state index in [0.29, 0.717) is 17.8 Å². The van der Waals surface area contributed by atoms with Crippen LogP contribution in [-0.4, -0.2) is 23.0 Å². The van der Waals surface area contributed by atoms with Gasteiger partial charge in [0.05, 0.1) is 0 Å². The van der Waals surface area contributed by atoms with Gasteiger partial charge in [0.2, 0.25) is 0 Å². The van der Waals surface area contributed by atoms with E-state index in [1.165, 1.54) is 38.5 Å². The van der Waals surface area contributed by atoms with E-state index in [0.717, 1.165) is 18.5 Å². The van der Waals surface area contributed by atoms with E-state index in [2.05, 4.69) is 15.6 Å². The van der Waals surface area contributed by atoms with E-state index < -0.39 is 0 Å². The smallest absolute Gasteiger partial charge is 0.270 e. The minimum Gasteiger partial charge on any atom is -0.382 e. The second kappa shape index (κ2) is 6.25. The first-order valence-electron chi connectivity index (χ1n) is 7.85. The summed E-state index contributed by atoms with van der Waals surface area (Å²) in [4.78, 5) is 16.2. The van der Waals surface area contributed by atoms with Crippen LogP contribution in [0.1, 0.15) is 61.9 Å². The Kier molecular flexibility index (Phi) is 4.19. The number of carbonyl (C=O) groups excluding carboxylic acids is 1. The molecule has 2 fully saturated rings. The highest BCUT2D eigenvalue weighted by Crippen LogP contribution is 2.22. The molecule has 1 aromatic rings. The average molecular weight is 273 g/mol. The van der Waals surface area contributed by atoms with E-state index in [9.17, 15) is 4.79 Å². The van der Waals surface area contributed by atoms with Crippen LogP contribution in [0.25, 0.3) is 0 Å². The SMILES string of the molecule is O=C(NC1CC1)c1cc(NC2CCCCCC2)ccn1. The van der Waals surface area contributed by atoms with Gasteiger partial charge in [0.1, 0.15) is 5.69 Å². The van der Waals surface area contributed by atoms with Crippen molar-refractivity contribution in [2.75, 3.05) is 5.32 Å². The fourth-order valence-electron chi connectivity index (χ4n) is 2.79. The quantitative estimate of drug-likeness (QED) is 0.829. The third-order valence-corrected chi connectivity index (χ3v) is 4.13. The normalized spacial score (nSPS) is 20.2. The van der Waals surface area contributed by atoms with Gasteiger partial charge in [-0.25, -0.2) is 0 Å². The molecule has 2 N–H and O–H groups in total. The van der Waals surface area contributed by atoms with Crippen molar-refractivity contribution in [3.63, 3.8) is 0 Å². The van der Waals surface area contributed by atoms with Crippen LogP contribution in [-0.2, 0) is 0 Å². The molecule has 1 aromatic heterocycles. The summed E-state index contributed by atoms with van der Waals surface area (Å²) < 4.78 is 0. The highest BCUT2D eigenvalue weighted by Gasteiger charge is 2.24. The number of rotatable bonds is 4. The van der Waals surface area contributed by atoms with Crippen molar-refractivity contribution in [1.29, 1.82) is 0 Å². The number of nitrogens with zero attached hydrogens (tertiary/aromatic N) is 1. The van der Waals surface area contributed by atoms with E-state index in [4.69, 9.17) is 0 Å². The molecule has 2 aliphatic rings. The molecule has 3 rings (SSSR count). The Balaban J connectivity index is 1.62. The molecule has 108 valence electrons. The molecule has 2 aliphatic carbocycles. The van der Waals surface area contributed by atoms with Gasteiger partial charge in [-0.15, -0.1) is 0 Å². The number of hydrogen-bond acceptors (Lipinski definition) is 3. The maximum absolute atomic E-state index is 12.0. The highest BCUT2D eigenvalue weighted by atomic mass is 16.2. The number of hydrogen-bond donors (Lipinski definition) is 2. The topological polar surface area (TPSA) is 54.0 Å². The first-order chi connectivity index (χ1) is 9.81. The standard InChI is InChI=1S/C16H23N3O/c20-16(19-13-7-8-13)15-11-14(9-10-17-15)18-12-5-3-1-2-4-6-12/h9-13H,1-8H2,(H,17,18)(H,19,20).